The Balaban J connectivity index is 1.97. The van der Waals surface area contributed by atoms with Gasteiger partial charge in [0.2, 0.25) is 0 Å². The average Bonchev–Trinajstić information content (AvgIpc) is 2.86. The van der Waals surface area contributed by atoms with Crippen molar-refractivity contribution >= 4 is 23.2 Å². The summed E-state index contributed by atoms with van der Waals surface area (Å²) >= 11 is 1.43. The summed E-state index contributed by atoms with van der Waals surface area (Å²) in [7, 11) is 0. The van der Waals surface area contributed by atoms with Crippen LogP contribution in [0.15, 0.2) is 30.3 Å². The van der Waals surface area contributed by atoms with Gasteiger partial charge in [-0.15, -0.1) is 11.3 Å². The highest BCUT2D eigenvalue weighted by Crippen LogP contribution is 2.21. The molecule has 2 aromatic rings. The van der Waals surface area contributed by atoms with Crippen molar-refractivity contribution in [2.75, 3.05) is 0 Å². The summed E-state index contributed by atoms with van der Waals surface area (Å²) in [4.78, 5) is 25.6. The SMILES string of the molecule is CCc1cc(C(=O)NNC(=O)c2ccc(C)cc2)sc1C. The molecule has 1 heterocycles. The van der Waals surface area contributed by atoms with E-state index >= 15 is 0 Å². The minimum absolute atomic E-state index is 0.289. The summed E-state index contributed by atoms with van der Waals surface area (Å²) < 4.78 is 0. The number of hydrazine groups is 1. The third-order valence-corrected chi connectivity index (χ3v) is 4.32. The van der Waals surface area contributed by atoms with Crippen molar-refractivity contribution in [2.45, 2.75) is 27.2 Å². The second-order valence-corrected chi connectivity index (χ2v) is 6.08. The molecule has 0 radical (unpaired) electrons. The monoisotopic (exact) mass is 302 g/mol. The topological polar surface area (TPSA) is 58.2 Å². The molecule has 0 unspecified atom stereocenters. The maximum atomic E-state index is 12.0. The number of benzene rings is 1. The molecule has 2 N–H and O–H groups in total. The van der Waals surface area contributed by atoms with Gasteiger partial charge in [-0.25, -0.2) is 0 Å². The van der Waals surface area contributed by atoms with Gasteiger partial charge in [-0.3, -0.25) is 20.4 Å². The van der Waals surface area contributed by atoms with Gasteiger partial charge in [0.15, 0.2) is 0 Å². The zero-order valence-corrected chi connectivity index (χ0v) is 13.1. The van der Waals surface area contributed by atoms with E-state index in [1.807, 2.05) is 32.0 Å². The average molecular weight is 302 g/mol. The van der Waals surface area contributed by atoms with Gasteiger partial charge in [-0.05, 0) is 44.0 Å². The molecule has 0 spiro atoms. The van der Waals surface area contributed by atoms with E-state index < -0.39 is 0 Å². The number of thiophene rings is 1. The number of hydrogen-bond donors (Lipinski definition) is 2. The maximum absolute atomic E-state index is 12.0. The van der Waals surface area contributed by atoms with E-state index in [1.165, 1.54) is 11.3 Å². The van der Waals surface area contributed by atoms with Crippen LogP contribution < -0.4 is 10.9 Å². The predicted octanol–water partition coefficient (Wildman–Crippen LogP) is 3.00. The van der Waals surface area contributed by atoms with Gasteiger partial charge in [-0.2, -0.15) is 0 Å². The smallest absolute Gasteiger partial charge is 0.267 e. The van der Waals surface area contributed by atoms with Crippen LogP contribution in [0.25, 0.3) is 0 Å². The molecule has 0 aliphatic rings. The molecule has 0 saturated carbocycles. The van der Waals surface area contributed by atoms with E-state index in [1.54, 1.807) is 12.1 Å². The van der Waals surface area contributed by atoms with Crippen molar-refractivity contribution in [1.82, 2.24) is 10.9 Å². The number of carbonyl (C=O) groups excluding carboxylic acids is 2. The summed E-state index contributed by atoms with van der Waals surface area (Å²) in [6.45, 7) is 6.00. The third kappa shape index (κ3) is 3.70. The number of amides is 2. The number of hydrogen-bond acceptors (Lipinski definition) is 3. The predicted molar refractivity (Wildman–Crippen MR) is 84.5 cm³/mol. The Bertz CT molecular complexity index is 659. The lowest BCUT2D eigenvalue weighted by Gasteiger charge is -2.06. The van der Waals surface area contributed by atoms with Gasteiger partial charge in [0.1, 0.15) is 0 Å². The number of carbonyl (C=O) groups is 2. The molecular formula is C16H18N2O2S. The highest BCUT2D eigenvalue weighted by molar-refractivity contribution is 7.14. The van der Waals surface area contributed by atoms with Crippen molar-refractivity contribution in [2.24, 2.45) is 0 Å². The first-order valence-electron chi connectivity index (χ1n) is 6.78. The lowest BCUT2D eigenvalue weighted by Crippen LogP contribution is -2.41. The standard InChI is InChI=1S/C16H18N2O2S/c1-4-12-9-14(21-11(12)3)16(20)18-17-15(19)13-7-5-10(2)6-8-13/h5-9H,4H2,1-3H3,(H,17,19)(H,18,20). The minimum Gasteiger partial charge on any atom is -0.267 e. The molecule has 0 aliphatic carbocycles. The van der Waals surface area contributed by atoms with Gasteiger partial charge >= 0.3 is 0 Å². The summed E-state index contributed by atoms with van der Waals surface area (Å²) in [5.41, 5.74) is 7.63. The van der Waals surface area contributed by atoms with Gasteiger partial charge in [-0.1, -0.05) is 24.6 Å². The molecule has 5 heteroatoms. The number of rotatable bonds is 3. The van der Waals surface area contributed by atoms with Gasteiger partial charge in [0.25, 0.3) is 11.8 Å². The van der Waals surface area contributed by atoms with E-state index in [0.717, 1.165) is 22.4 Å². The Kier molecular flexibility index (Phi) is 4.75. The Morgan fingerprint density at radius 3 is 2.24 bits per heavy atom. The van der Waals surface area contributed by atoms with Gasteiger partial charge in [0.05, 0.1) is 4.88 Å². The molecule has 21 heavy (non-hydrogen) atoms. The van der Waals surface area contributed by atoms with Crippen LogP contribution in [-0.2, 0) is 6.42 Å². The molecule has 1 aromatic carbocycles. The zero-order chi connectivity index (χ0) is 15.4. The van der Waals surface area contributed by atoms with Crippen LogP contribution in [0.2, 0.25) is 0 Å². The molecule has 2 rings (SSSR count). The highest BCUT2D eigenvalue weighted by Gasteiger charge is 2.13. The summed E-state index contributed by atoms with van der Waals surface area (Å²) in [6, 6.07) is 9.02. The fourth-order valence-electron chi connectivity index (χ4n) is 1.93. The van der Waals surface area contributed by atoms with Crippen LogP contribution in [0.5, 0.6) is 0 Å². The molecule has 0 aliphatic heterocycles. The zero-order valence-electron chi connectivity index (χ0n) is 12.3. The Morgan fingerprint density at radius 2 is 1.67 bits per heavy atom. The van der Waals surface area contributed by atoms with Crippen molar-refractivity contribution < 1.29 is 9.59 Å². The molecule has 4 nitrogen and oxygen atoms in total. The number of nitrogens with one attached hydrogen (secondary N) is 2. The van der Waals surface area contributed by atoms with E-state index in [0.29, 0.717) is 10.4 Å². The third-order valence-electron chi connectivity index (χ3n) is 3.23. The molecule has 0 bridgehead atoms. The second-order valence-electron chi connectivity index (χ2n) is 4.82. The Hall–Kier alpha value is -2.14. The fraction of sp³-hybridized carbons (Fsp3) is 0.250. The van der Waals surface area contributed by atoms with Crippen LogP contribution >= 0.6 is 11.3 Å². The molecule has 0 saturated heterocycles. The van der Waals surface area contributed by atoms with Crippen molar-refractivity contribution in [1.29, 1.82) is 0 Å². The molecular weight excluding hydrogens is 284 g/mol. The maximum Gasteiger partial charge on any atom is 0.279 e. The van der Waals surface area contributed by atoms with E-state index in [-0.39, 0.29) is 11.8 Å². The van der Waals surface area contributed by atoms with E-state index in [4.69, 9.17) is 0 Å². The lowest BCUT2D eigenvalue weighted by molar-refractivity contribution is 0.0849. The van der Waals surface area contributed by atoms with Crippen molar-refractivity contribution in [3.05, 3.63) is 56.8 Å². The first-order chi connectivity index (χ1) is 10.0. The Labute approximate surface area is 128 Å². The van der Waals surface area contributed by atoms with Crippen molar-refractivity contribution in [3.8, 4) is 0 Å². The quantitative estimate of drug-likeness (QED) is 0.856. The largest absolute Gasteiger partial charge is 0.279 e. The van der Waals surface area contributed by atoms with Crippen LogP contribution in [0.4, 0.5) is 0 Å². The minimum atomic E-state index is -0.327. The molecule has 110 valence electrons. The molecule has 2 amide bonds. The Morgan fingerprint density at radius 1 is 1.05 bits per heavy atom. The molecule has 0 atom stereocenters. The van der Waals surface area contributed by atoms with Gasteiger partial charge < -0.3 is 0 Å². The van der Waals surface area contributed by atoms with E-state index in [2.05, 4.69) is 17.8 Å². The van der Waals surface area contributed by atoms with Crippen LogP contribution in [0, 0.1) is 13.8 Å². The highest BCUT2D eigenvalue weighted by atomic mass is 32.1. The first-order valence-corrected chi connectivity index (χ1v) is 7.59. The van der Waals surface area contributed by atoms with Crippen LogP contribution in [0.1, 0.15) is 43.0 Å². The first kappa shape index (κ1) is 15.3. The van der Waals surface area contributed by atoms with Crippen LogP contribution in [-0.4, -0.2) is 11.8 Å². The lowest BCUT2D eigenvalue weighted by atomic mass is 10.1. The fourth-order valence-corrected chi connectivity index (χ4v) is 2.94. The summed E-state index contributed by atoms with van der Waals surface area (Å²) in [5, 5.41) is 0. The van der Waals surface area contributed by atoms with Crippen LogP contribution in [0.3, 0.4) is 0 Å². The number of aryl methyl sites for hydroxylation is 3. The van der Waals surface area contributed by atoms with Gasteiger partial charge in [0, 0.05) is 10.4 Å². The summed E-state index contributed by atoms with van der Waals surface area (Å²) in [5.74, 6) is -0.615. The summed E-state index contributed by atoms with van der Waals surface area (Å²) in [6.07, 6.45) is 0.894. The molecule has 1 aromatic heterocycles. The van der Waals surface area contributed by atoms with E-state index in [9.17, 15) is 9.59 Å². The van der Waals surface area contributed by atoms with Crippen molar-refractivity contribution in [3.63, 3.8) is 0 Å². The molecule has 0 fully saturated rings. The normalized spacial score (nSPS) is 10.2. The second kappa shape index (κ2) is 6.54.